The number of nitrogen functional groups attached to an aromatic ring is 1. The highest BCUT2D eigenvalue weighted by molar-refractivity contribution is 7.89. The molecule has 0 aromatic heterocycles. The molecule has 0 spiro atoms. The molecule has 1 aromatic carbocycles. The van der Waals surface area contributed by atoms with Crippen LogP contribution in [0.2, 0.25) is 0 Å². The summed E-state index contributed by atoms with van der Waals surface area (Å²) in [5.41, 5.74) is 5.77. The van der Waals surface area contributed by atoms with Gasteiger partial charge in [-0.25, -0.2) is 17.2 Å². The molecular weight excluding hydrogens is 250 g/mol. The van der Waals surface area contributed by atoms with Gasteiger partial charge in [0, 0.05) is 18.7 Å². The fourth-order valence-corrected chi connectivity index (χ4v) is 3.26. The zero-order valence-electron chi connectivity index (χ0n) is 8.94. The molecule has 0 amide bonds. The van der Waals surface area contributed by atoms with Gasteiger partial charge < -0.3 is 5.73 Å². The third kappa shape index (κ3) is 2.39. The molecule has 1 saturated heterocycles. The second kappa shape index (κ2) is 3.92. The average molecular weight is 262 g/mol. The maximum Gasteiger partial charge on any atom is 0.262 e. The van der Waals surface area contributed by atoms with Crippen molar-refractivity contribution in [1.82, 2.24) is 4.31 Å². The Hall–Kier alpha value is -1.21. The molecule has 7 heteroatoms. The molecule has 94 valence electrons. The van der Waals surface area contributed by atoms with Gasteiger partial charge in [-0.05, 0) is 18.2 Å². The van der Waals surface area contributed by atoms with Crippen LogP contribution in [0.5, 0.6) is 0 Å². The fourth-order valence-electron chi connectivity index (χ4n) is 1.73. The summed E-state index contributed by atoms with van der Waals surface area (Å²) in [5.74, 6) is -2.94. The number of hydrogen-bond donors (Lipinski definition) is 1. The predicted octanol–water partition coefficient (Wildman–Crippen LogP) is 1.30. The molecule has 0 radical (unpaired) electrons. The number of nitrogens with zero attached hydrogens (tertiary/aromatic N) is 1. The van der Waals surface area contributed by atoms with Gasteiger partial charge in [-0.1, -0.05) is 6.07 Å². The third-order valence-corrected chi connectivity index (χ3v) is 4.47. The molecule has 17 heavy (non-hydrogen) atoms. The van der Waals surface area contributed by atoms with Gasteiger partial charge in [0.25, 0.3) is 5.92 Å². The monoisotopic (exact) mass is 262 g/mol. The van der Waals surface area contributed by atoms with Crippen molar-refractivity contribution in [1.29, 1.82) is 0 Å². The zero-order valence-corrected chi connectivity index (χ0v) is 9.75. The van der Waals surface area contributed by atoms with Gasteiger partial charge in [0.1, 0.15) is 0 Å². The number of rotatable bonds is 2. The van der Waals surface area contributed by atoms with Gasteiger partial charge in [0.15, 0.2) is 0 Å². The van der Waals surface area contributed by atoms with Crippen molar-refractivity contribution in [2.75, 3.05) is 18.8 Å². The van der Waals surface area contributed by atoms with E-state index in [0.29, 0.717) is 0 Å². The lowest BCUT2D eigenvalue weighted by atomic mass is 10.3. The molecule has 1 fully saturated rings. The Labute approximate surface area is 98.1 Å². The summed E-state index contributed by atoms with van der Waals surface area (Å²) >= 11 is 0. The zero-order chi connectivity index (χ0) is 12.7. The van der Waals surface area contributed by atoms with E-state index in [0.717, 1.165) is 4.31 Å². The molecule has 0 unspecified atom stereocenters. The molecule has 0 saturated carbocycles. The quantitative estimate of drug-likeness (QED) is 0.817. The van der Waals surface area contributed by atoms with Crippen LogP contribution in [0, 0.1) is 0 Å². The van der Waals surface area contributed by atoms with E-state index in [-0.39, 0.29) is 17.1 Å². The standard InChI is InChI=1S/C10H12F2N2O2S/c11-10(12)4-5-14(7-10)17(15,16)9-3-1-2-8(13)6-9/h1-3,6H,4-5,7,13H2. The van der Waals surface area contributed by atoms with E-state index in [1.807, 2.05) is 0 Å². The number of sulfonamides is 1. The van der Waals surface area contributed by atoms with Crippen molar-refractivity contribution >= 4 is 15.7 Å². The number of nitrogens with two attached hydrogens (primary N) is 1. The molecule has 1 aliphatic rings. The fraction of sp³-hybridized carbons (Fsp3) is 0.400. The second-order valence-corrected chi connectivity index (χ2v) is 5.95. The highest BCUT2D eigenvalue weighted by Crippen LogP contribution is 2.31. The van der Waals surface area contributed by atoms with Gasteiger partial charge in [-0.15, -0.1) is 0 Å². The van der Waals surface area contributed by atoms with Crippen molar-refractivity contribution in [3.8, 4) is 0 Å². The normalized spacial score (nSPS) is 20.6. The SMILES string of the molecule is Nc1cccc(S(=O)(=O)N2CCC(F)(F)C2)c1. The first-order chi connectivity index (χ1) is 7.81. The minimum atomic E-state index is -3.86. The minimum Gasteiger partial charge on any atom is -0.399 e. The summed E-state index contributed by atoms with van der Waals surface area (Å²) in [6.45, 7) is -0.922. The van der Waals surface area contributed by atoms with Gasteiger partial charge in [-0.3, -0.25) is 0 Å². The van der Waals surface area contributed by atoms with Gasteiger partial charge >= 0.3 is 0 Å². The molecule has 0 aliphatic carbocycles. The van der Waals surface area contributed by atoms with Crippen molar-refractivity contribution in [3.05, 3.63) is 24.3 Å². The molecule has 0 bridgehead atoms. The van der Waals surface area contributed by atoms with Crippen molar-refractivity contribution in [3.63, 3.8) is 0 Å². The Morgan fingerprint density at radius 1 is 1.35 bits per heavy atom. The Kier molecular flexibility index (Phi) is 2.82. The number of alkyl halides is 2. The van der Waals surface area contributed by atoms with Gasteiger partial charge in [-0.2, -0.15) is 4.31 Å². The smallest absolute Gasteiger partial charge is 0.262 e. The van der Waals surface area contributed by atoms with Gasteiger partial charge in [0.05, 0.1) is 11.4 Å². The van der Waals surface area contributed by atoms with Crippen LogP contribution in [0.4, 0.5) is 14.5 Å². The summed E-state index contributed by atoms with van der Waals surface area (Å²) in [6, 6.07) is 5.64. The Bertz CT molecular complexity index is 531. The van der Waals surface area contributed by atoms with E-state index in [1.165, 1.54) is 24.3 Å². The maximum absolute atomic E-state index is 13.0. The molecule has 0 atom stereocenters. The lowest BCUT2D eigenvalue weighted by Gasteiger charge is -2.16. The number of benzene rings is 1. The molecule has 1 aromatic rings. The number of hydrogen-bond acceptors (Lipinski definition) is 3. The molecule has 2 N–H and O–H groups in total. The highest BCUT2D eigenvalue weighted by atomic mass is 32.2. The minimum absolute atomic E-state index is 0.0461. The number of halogens is 2. The summed E-state index contributed by atoms with van der Waals surface area (Å²) in [7, 11) is -3.86. The average Bonchev–Trinajstić information content (AvgIpc) is 2.59. The van der Waals surface area contributed by atoms with Gasteiger partial charge in [0.2, 0.25) is 10.0 Å². The Morgan fingerprint density at radius 2 is 2.06 bits per heavy atom. The number of anilines is 1. The van der Waals surface area contributed by atoms with Crippen LogP contribution in [-0.4, -0.2) is 31.7 Å². The summed E-state index contributed by atoms with van der Waals surface area (Å²) in [6.07, 6.45) is -0.436. The first-order valence-electron chi connectivity index (χ1n) is 5.05. The lowest BCUT2D eigenvalue weighted by Crippen LogP contribution is -2.31. The van der Waals surface area contributed by atoms with Crippen LogP contribution in [0.3, 0.4) is 0 Å². The van der Waals surface area contributed by atoms with Crippen LogP contribution < -0.4 is 5.73 Å². The predicted molar refractivity (Wildman–Crippen MR) is 59.2 cm³/mol. The lowest BCUT2D eigenvalue weighted by molar-refractivity contribution is 0.0183. The van der Waals surface area contributed by atoms with Crippen LogP contribution in [0.15, 0.2) is 29.2 Å². The molecule has 1 heterocycles. The van der Waals surface area contributed by atoms with Crippen molar-refractivity contribution < 1.29 is 17.2 Å². The topological polar surface area (TPSA) is 63.4 Å². The van der Waals surface area contributed by atoms with Crippen molar-refractivity contribution in [2.45, 2.75) is 17.2 Å². The maximum atomic E-state index is 13.0. The highest BCUT2D eigenvalue weighted by Gasteiger charge is 2.43. The molecular formula is C10H12F2N2O2S. The summed E-state index contributed by atoms with van der Waals surface area (Å²) in [5, 5.41) is 0. The first-order valence-corrected chi connectivity index (χ1v) is 6.49. The van der Waals surface area contributed by atoms with Crippen molar-refractivity contribution in [2.24, 2.45) is 0 Å². The Morgan fingerprint density at radius 3 is 2.59 bits per heavy atom. The Balaban J connectivity index is 2.32. The first kappa shape index (κ1) is 12.3. The van der Waals surface area contributed by atoms with E-state index < -0.39 is 28.9 Å². The second-order valence-electron chi connectivity index (χ2n) is 4.02. The summed E-state index contributed by atoms with van der Waals surface area (Å²) < 4.78 is 50.8. The molecule has 2 rings (SSSR count). The van der Waals surface area contributed by atoms with E-state index >= 15 is 0 Å². The summed E-state index contributed by atoms with van der Waals surface area (Å²) in [4.78, 5) is -0.0461. The van der Waals surface area contributed by atoms with E-state index in [2.05, 4.69) is 0 Å². The van der Waals surface area contributed by atoms with Crippen LogP contribution >= 0.6 is 0 Å². The van der Waals surface area contributed by atoms with Crippen LogP contribution in [-0.2, 0) is 10.0 Å². The van der Waals surface area contributed by atoms with E-state index in [4.69, 9.17) is 5.73 Å². The molecule has 1 aliphatic heterocycles. The van der Waals surface area contributed by atoms with E-state index in [9.17, 15) is 17.2 Å². The van der Waals surface area contributed by atoms with Crippen LogP contribution in [0.25, 0.3) is 0 Å². The molecule has 4 nitrogen and oxygen atoms in total. The largest absolute Gasteiger partial charge is 0.399 e. The third-order valence-electron chi connectivity index (χ3n) is 2.63. The van der Waals surface area contributed by atoms with E-state index in [1.54, 1.807) is 0 Å². The van der Waals surface area contributed by atoms with Crippen LogP contribution in [0.1, 0.15) is 6.42 Å².